The van der Waals surface area contributed by atoms with Crippen LogP contribution in [0.3, 0.4) is 0 Å². The predicted octanol–water partition coefficient (Wildman–Crippen LogP) is 2.12. The van der Waals surface area contributed by atoms with E-state index in [9.17, 15) is 18.4 Å². The summed E-state index contributed by atoms with van der Waals surface area (Å²) in [4.78, 5) is 25.1. The Bertz CT molecular complexity index is 958. The monoisotopic (exact) mass is 383 g/mol. The van der Waals surface area contributed by atoms with Gasteiger partial charge in [0, 0.05) is 25.3 Å². The molecule has 2 aromatic rings. The number of nitrogens with two attached hydrogens (primary N) is 1. The second-order valence-electron chi connectivity index (χ2n) is 6.83. The number of carboxylic acid groups (broad SMARTS) is 1. The Balaban J connectivity index is 2.24. The number of nitrogens with zero attached hydrogens (tertiary/aromatic N) is 2. The highest BCUT2D eigenvalue weighted by Gasteiger charge is 2.31. The summed E-state index contributed by atoms with van der Waals surface area (Å²) >= 11 is 0. The van der Waals surface area contributed by atoms with Crippen molar-refractivity contribution in [2.45, 2.75) is 25.9 Å². The van der Waals surface area contributed by atoms with E-state index in [0.29, 0.717) is 19.5 Å². The van der Waals surface area contributed by atoms with Crippen LogP contribution in [0.1, 0.15) is 23.7 Å². The molecule has 0 radical (unpaired) electrons. The molecule has 1 saturated heterocycles. The summed E-state index contributed by atoms with van der Waals surface area (Å²) in [6.45, 7) is 1.32. The molecule has 6 nitrogen and oxygen atoms in total. The summed E-state index contributed by atoms with van der Waals surface area (Å²) < 4.78 is 43.9. The molecular formula is C18H20F3N3O3. The molecule has 27 heavy (non-hydrogen) atoms. The second kappa shape index (κ2) is 7.22. The predicted molar refractivity (Wildman–Crippen MR) is 95.0 cm³/mol. The van der Waals surface area contributed by atoms with E-state index in [4.69, 9.17) is 10.8 Å². The van der Waals surface area contributed by atoms with Crippen molar-refractivity contribution in [3.8, 4) is 0 Å². The van der Waals surface area contributed by atoms with Crippen molar-refractivity contribution in [1.82, 2.24) is 4.57 Å². The molecule has 9 heteroatoms. The molecule has 0 saturated carbocycles. The molecule has 0 bridgehead atoms. The fraction of sp³-hybridized carbons (Fsp3) is 0.444. The molecule has 2 atom stereocenters. The number of benzene rings is 1. The van der Waals surface area contributed by atoms with E-state index in [1.807, 2.05) is 6.92 Å². The molecule has 1 aromatic heterocycles. The van der Waals surface area contributed by atoms with E-state index in [2.05, 4.69) is 0 Å². The highest BCUT2D eigenvalue weighted by Crippen LogP contribution is 2.33. The van der Waals surface area contributed by atoms with Crippen LogP contribution in [-0.4, -0.2) is 41.4 Å². The number of rotatable bonds is 5. The molecule has 3 rings (SSSR count). The van der Waals surface area contributed by atoms with Gasteiger partial charge in [-0.25, -0.2) is 18.0 Å². The summed E-state index contributed by atoms with van der Waals surface area (Å²) in [5.41, 5.74) is 3.60. The van der Waals surface area contributed by atoms with Crippen molar-refractivity contribution < 1.29 is 23.1 Å². The van der Waals surface area contributed by atoms with Gasteiger partial charge >= 0.3 is 5.97 Å². The fourth-order valence-electron chi connectivity index (χ4n) is 3.61. The fourth-order valence-corrected chi connectivity index (χ4v) is 3.61. The van der Waals surface area contributed by atoms with Crippen LogP contribution in [0.25, 0.3) is 10.9 Å². The largest absolute Gasteiger partial charge is 0.477 e. The van der Waals surface area contributed by atoms with Crippen molar-refractivity contribution in [2.75, 3.05) is 24.7 Å². The van der Waals surface area contributed by atoms with Gasteiger partial charge in [0.2, 0.25) is 5.43 Å². The van der Waals surface area contributed by atoms with Gasteiger partial charge < -0.3 is 20.3 Å². The Morgan fingerprint density at radius 1 is 1.44 bits per heavy atom. The molecular weight excluding hydrogens is 363 g/mol. The first-order valence-corrected chi connectivity index (χ1v) is 8.61. The molecule has 0 amide bonds. The quantitative estimate of drug-likeness (QED) is 0.826. The first kappa shape index (κ1) is 19.2. The number of hydrogen-bond acceptors (Lipinski definition) is 4. The molecule has 0 aliphatic carbocycles. The van der Waals surface area contributed by atoms with Gasteiger partial charge in [-0.05, 0) is 25.3 Å². The zero-order valence-corrected chi connectivity index (χ0v) is 14.7. The molecule has 3 N–H and O–H groups in total. The molecule has 146 valence electrons. The summed E-state index contributed by atoms with van der Waals surface area (Å²) in [5.74, 6) is -3.43. The van der Waals surface area contributed by atoms with E-state index < -0.39 is 40.7 Å². The van der Waals surface area contributed by atoms with Crippen LogP contribution in [0, 0.1) is 17.6 Å². The SMILES string of the molecule is CC(N)C1CCN(c2c(F)cc3c(=O)c(C(=O)O)cn(CCF)c3c2F)C1. The molecule has 1 aromatic carbocycles. The number of halogens is 3. The van der Waals surface area contributed by atoms with E-state index in [1.54, 1.807) is 0 Å². The number of fused-ring (bicyclic) bond motifs is 1. The Morgan fingerprint density at radius 3 is 2.70 bits per heavy atom. The lowest BCUT2D eigenvalue weighted by atomic mass is 10.0. The van der Waals surface area contributed by atoms with Gasteiger partial charge in [-0.3, -0.25) is 4.79 Å². The van der Waals surface area contributed by atoms with E-state index >= 15 is 4.39 Å². The normalized spacial score (nSPS) is 18.3. The number of alkyl halides is 1. The van der Waals surface area contributed by atoms with Crippen LogP contribution in [-0.2, 0) is 6.54 Å². The average Bonchev–Trinajstić information content (AvgIpc) is 3.07. The summed E-state index contributed by atoms with van der Waals surface area (Å²) in [6.07, 6.45) is 1.57. The van der Waals surface area contributed by atoms with E-state index in [-0.39, 0.29) is 29.7 Å². The molecule has 1 aliphatic heterocycles. The topological polar surface area (TPSA) is 88.6 Å². The lowest BCUT2D eigenvalue weighted by Gasteiger charge is -2.23. The van der Waals surface area contributed by atoms with Crippen LogP contribution < -0.4 is 16.1 Å². The zero-order chi connectivity index (χ0) is 19.9. The highest BCUT2D eigenvalue weighted by atomic mass is 19.1. The standard InChI is InChI=1S/C18H20F3N3O3/c1-9(22)10-2-4-23(7-10)16-13(20)6-11-15(14(16)21)24(5-3-19)8-12(17(11)25)18(26)27/h6,8-10H,2-5,7,22H2,1H3,(H,26,27). The van der Waals surface area contributed by atoms with Crippen LogP contribution in [0.5, 0.6) is 0 Å². The number of aromatic carboxylic acids is 1. The number of pyridine rings is 1. The van der Waals surface area contributed by atoms with E-state index in [0.717, 1.165) is 16.8 Å². The molecule has 2 heterocycles. The first-order valence-electron chi connectivity index (χ1n) is 8.61. The van der Waals surface area contributed by atoms with Gasteiger partial charge in [0.15, 0.2) is 5.82 Å². The summed E-state index contributed by atoms with van der Waals surface area (Å²) in [6, 6.07) is 0.695. The molecule has 1 fully saturated rings. The number of anilines is 1. The number of aryl methyl sites for hydroxylation is 1. The number of aromatic nitrogens is 1. The third-order valence-corrected chi connectivity index (χ3v) is 5.07. The Kier molecular flexibility index (Phi) is 5.14. The van der Waals surface area contributed by atoms with Crippen LogP contribution in [0.4, 0.5) is 18.9 Å². The minimum atomic E-state index is -1.54. The van der Waals surface area contributed by atoms with Gasteiger partial charge in [-0.1, -0.05) is 0 Å². The molecule has 0 spiro atoms. The average molecular weight is 383 g/mol. The van der Waals surface area contributed by atoms with Crippen LogP contribution >= 0.6 is 0 Å². The Labute approximate surface area is 153 Å². The maximum absolute atomic E-state index is 15.3. The first-order chi connectivity index (χ1) is 12.8. The number of carboxylic acids is 1. The van der Waals surface area contributed by atoms with Crippen molar-refractivity contribution >= 4 is 22.6 Å². The summed E-state index contributed by atoms with van der Waals surface area (Å²) in [7, 11) is 0. The van der Waals surface area contributed by atoms with Gasteiger partial charge in [-0.15, -0.1) is 0 Å². The van der Waals surface area contributed by atoms with Crippen molar-refractivity contribution in [3.63, 3.8) is 0 Å². The third-order valence-electron chi connectivity index (χ3n) is 5.07. The zero-order valence-electron chi connectivity index (χ0n) is 14.7. The minimum Gasteiger partial charge on any atom is -0.477 e. The van der Waals surface area contributed by atoms with Crippen molar-refractivity contribution in [1.29, 1.82) is 0 Å². The van der Waals surface area contributed by atoms with Crippen molar-refractivity contribution in [2.24, 2.45) is 11.7 Å². The molecule has 1 aliphatic rings. The third kappa shape index (κ3) is 3.27. The smallest absolute Gasteiger partial charge is 0.341 e. The lowest BCUT2D eigenvalue weighted by Crippen LogP contribution is -2.30. The Hall–Kier alpha value is -2.55. The molecule has 2 unspecified atom stereocenters. The maximum Gasteiger partial charge on any atom is 0.341 e. The van der Waals surface area contributed by atoms with Crippen molar-refractivity contribution in [3.05, 3.63) is 39.7 Å². The number of carbonyl (C=O) groups is 1. The lowest BCUT2D eigenvalue weighted by molar-refractivity contribution is 0.0694. The van der Waals surface area contributed by atoms with Crippen LogP contribution in [0.15, 0.2) is 17.1 Å². The van der Waals surface area contributed by atoms with Gasteiger partial charge in [0.05, 0.1) is 17.4 Å². The van der Waals surface area contributed by atoms with Gasteiger partial charge in [0.1, 0.15) is 23.7 Å². The van der Waals surface area contributed by atoms with Gasteiger partial charge in [-0.2, -0.15) is 0 Å². The maximum atomic E-state index is 15.3. The van der Waals surface area contributed by atoms with Gasteiger partial charge in [0.25, 0.3) is 0 Å². The Morgan fingerprint density at radius 2 is 2.15 bits per heavy atom. The summed E-state index contributed by atoms with van der Waals surface area (Å²) in [5, 5.41) is 8.72. The minimum absolute atomic E-state index is 0.0712. The number of hydrogen-bond donors (Lipinski definition) is 2. The highest BCUT2D eigenvalue weighted by molar-refractivity contribution is 5.93. The van der Waals surface area contributed by atoms with E-state index in [1.165, 1.54) is 4.90 Å². The van der Waals surface area contributed by atoms with Crippen LogP contribution in [0.2, 0.25) is 0 Å². The second-order valence-corrected chi connectivity index (χ2v) is 6.83.